The molecule has 6 nitrogen and oxygen atoms in total. The Morgan fingerprint density at radius 3 is 2.53 bits per heavy atom. The van der Waals surface area contributed by atoms with E-state index >= 15 is 0 Å². The molecule has 0 saturated carbocycles. The maximum absolute atomic E-state index is 13.1. The molecule has 3 rings (SSSR count). The molecule has 0 aliphatic heterocycles. The summed E-state index contributed by atoms with van der Waals surface area (Å²) in [4.78, 5) is 24.6. The lowest BCUT2D eigenvalue weighted by Gasteiger charge is -2.15. The summed E-state index contributed by atoms with van der Waals surface area (Å²) in [5.74, 6) is -0.919. The number of carbonyl (C=O) groups is 1. The molecule has 1 amide bonds. The lowest BCUT2D eigenvalue weighted by Crippen LogP contribution is -2.38. The monoisotopic (exact) mass is 449 g/mol. The van der Waals surface area contributed by atoms with Gasteiger partial charge in [-0.2, -0.15) is 18.3 Å². The maximum atomic E-state index is 13.1. The minimum Gasteiger partial charge on any atom is -0.492 e. The predicted molar refractivity (Wildman–Crippen MR) is 109 cm³/mol. The third-order valence-corrected chi connectivity index (χ3v) is 4.54. The number of carbonyl (C=O) groups excluding carboxylic acids is 1. The topological polar surface area (TPSA) is 73.2 Å². The van der Waals surface area contributed by atoms with E-state index in [0.29, 0.717) is 11.3 Å². The van der Waals surface area contributed by atoms with Crippen LogP contribution in [0, 0.1) is 5.82 Å². The summed E-state index contributed by atoms with van der Waals surface area (Å²) in [6.45, 7) is 1.41. The normalized spacial score (nSPS) is 12.3. The van der Waals surface area contributed by atoms with Gasteiger partial charge < -0.3 is 10.1 Å². The molecule has 168 valence electrons. The number of halogens is 4. The fourth-order valence-electron chi connectivity index (χ4n) is 2.84. The number of ether oxygens (including phenoxy) is 1. The van der Waals surface area contributed by atoms with Crippen LogP contribution in [0.25, 0.3) is 11.3 Å². The Balaban J connectivity index is 1.60. The molecule has 3 aromatic rings. The molecule has 0 aliphatic rings. The Bertz CT molecular complexity index is 1140. The van der Waals surface area contributed by atoms with Crippen LogP contribution in [0.5, 0.6) is 5.75 Å². The zero-order valence-electron chi connectivity index (χ0n) is 16.9. The first kappa shape index (κ1) is 23.0. The summed E-state index contributed by atoms with van der Waals surface area (Å²) in [6, 6.07) is 11.7. The van der Waals surface area contributed by atoms with E-state index < -0.39 is 35.1 Å². The lowest BCUT2D eigenvalue weighted by molar-refractivity contribution is -0.137. The Kier molecular flexibility index (Phi) is 6.92. The number of amides is 1. The van der Waals surface area contributed by atoms with Crippen LogP contribution in [0.2, 0.25) is 0 Å². The van der Waals surface area contributed by atoms with Gasteiger partial charge in [0.2, 0.25) is 5.91 Å². The van der Waals surface area contributed by atoms with Crippen molar-refractivity contribution in [3.63, 3.8) is 0 Å². The standard InChI is InChI=1S/C22H19F4N3O3/c1-14(29-20(30)10-9-19(28-29)15-5-7-17(23)8-6-15)21(31)27-11-12-32-18-4-2-3-16(13-18)22(24,25)26/h2-10,13-14H,11-12H2,1H3,(H,27,31). The molecule has 0 spiro atoms. The van der Waals surface area contributed by atoms with E-state index in [1.165, 1.54) is 55.5 Å². The van der Waals surface area contributed by atoms with Gasteiger partial charge in [0.25, 0.3) is 5.56 Å². The van der Waals surface area contributed by atoms with Crippen LogP contribution in [0.15, 0.2) is 65.5 Å². The molecular weight excluding hydrogens is 430 g/mol. The third-order valence-electron chi connectivity index (χ3n) is 4.54. The first-order chi connectivity index (χ1) is 15.1. The van der Waals surface area contributed by atoms with Crippen LogP contribution < -0.4 is 15.6 Å². The molecule has 0 fully saturated rings. The SMILES string of the molecule is CC(C(=O)NCCOc1cccc(C(F)(F)F)c1)n1nc(-c2ccc(F)cc2)ccc1=O. The molecule has 1 atom stereocenters. The Morgan fingerprint density at radius 2 is 1.84 bits per heavy atom. The largest absolute Gasteiger partial charge is 0.492 e. The molecule has 0 bridgehead atoms. The molecule has 0 saturated heterocycles. The van der Waals surface area contributed by atoms with Crippen LogP contribution in [0.4, 0.5) is 17.6 Å². The van der Waals surface area contributed by atoms with E-state index in [1.807, 2.05) is 0 Å². The van der Waals surface area contributed by atoms with Crippen molar-refractivity contribution in [2.75, 3.05) is 13.2 Å². The first-order valence-electron chi connectivity index (χ1n) is 9.59. The summed E-state index contributed by atoms with van der Waals surface area (Å²) in [6.07, 6.45) is -4.48. The first-order valence-corrected chi connectivity index (χ1v) is 9.59. The van der Waals surface area contributed by atoms with Crippen LogP contribution in [-0.4, -0.2) is 28.8 Å². The zero-order valence-corrected chi connectivity index (χ0v) is 16.9. The zero-order chi connectivity index (χ0) is 23.3. The Labute approximate surface area is 180 Å². The van der Waals surface area contributed by atoms with Gasteiger partial charge in [0.1, 0.15) is 24.2 Å². The van der Waals surface area contributed by atoms with Gasteiger partial charge in [-0.1, -0.05) is 6.07 Å². The minimum absolute atomic E-state index is 0.00578. The molecule has 1 aromatic heterocycles. The van der Waals surface area contributed by atoms with E-state index in [1.54, 1.807) is 0 Å². The van der Waals surface area contributed by atoms with E-state index in [9.17, 15) is 27.2 Å². The number of nitrogens with zero attached hydrogens (tertiary/aromatic N) is 2. The number of benzene rings is 2. The fourth-order valence-corrected chi connectivity index (χ4v) is 2.84. The number of rotatable bonds is 7. The van der Waals surface area contributed by atoms with Crippen molar-refractivity contribution in [2.45, 2.75) is 19.1 Å². The predicted octanol–water partition coefficient (Wildman–Crippen LogP) is 3.82. The lowest BCUT2D eigenvalue weighted by atomic mass is 10.1. The van der Waals surface area contributed by atoms with E-state index in [0.717, 1.165) is 16.8 Å². The maximum Gasteiger partial charge on any atom is 0.416 e. The van der Waals surface area contributed by atoms with Crippen molar-refractivity contribution < 1.29 is 27.1 Å². The summed E-state index contributed by atoms with van der Waals surface area (Å²) in [5.41, 5.74) is -0.378. The molecule has 1 heterocycles. The highest BCUT2D eigenvalue weighted by atomic mass is 19.4. The second-order valence-electron chi connectivity index (χ2n) is 6.85. The number of hydrogen-bond acceptors (Lipinski definition) is 4. The molecule has 10 heteroatoms. The highest BCUT2D eigenvalue weighted by Gasteiger charge is 2.30. The van der Waals surface area contributed by atoms with Crippen LogP contribution in [-0.2, 0) is 11.0 Å². The summed E-state index contributed by atoms with van der Waals surface area (Å²) in [5, 5.41) is 6.74. The van der Waals surface area contributed by atoms with E-state index in [2.05, 4.69) is 10.4 Å². The molecule has 0 aliphatic carbocycles. The quantitative estimate of drug-likeness (QED) is 0.440. The molecule has 0 radical (unpaired) electrons. The van der Waals surface area contributed by atoms with Crippen molar-refractivity contribution >= 4 is 5.91 Å². The Hall–Kier alpha value is -3.69. The highest BCUT2D eigenvalue weighted by Crippen LogP contribution is 2.31. The smallest absolute Gasteiger partial charge is 0.416 e. The van der Waals surface area contributed by atoms with Crippen LogP contribution in [0.1, 0.15) is 18.5 Å². The molecule has 32 heavy (non-hydrogen) atoms. The van der Waals surface area contributed by atoms with Gasteiger partial charge in [-0.05, 0) is 55.5 Å². The number of alkyl halides is 3. The number of nitrogens with one attached hydrogen (secondary N) is 1. The van der Waals surface area contributed by atoms with E-state index in [4.69, 9.17) is 4.74 Å². The molecule has 2 aromatic carbocycles. The van der Waals surface area contributed by atoms with Gasteiger partial charge in [0.15, 0.2) is 0 Å². The van der Waals surface area contributed by atoms with Crippen molar-refractivity contribution in [2.24, 2.45) is 0 Å². The van der Waals surface area contributed by atoms with Crippen LogP contribution >= 0.6 is 0 Å². The molecular formula is C22H19F4N3O3. The second-order valence-corrected chi connectivity index (χ2v) is 6.85. The van der Waals surface area contributed by atoms with Crippen LogP contribution in [0.3, 0.4) is 0 Å². The molecule has 1 N–H and O–H groups in total. The third kappa shape index (κ3) is 5.71. The number of aromatic nitrogens is 2. The minimum atomic E-state index is -4.48. The fraction of sp³-hybridized carbons (Fsp3) is 0.227. The average Bonchev–Trinajstić information content (AvgIpc) is 2.76. The van der Waals surface area contributed by atoms with E-state index in [-0.39, 0.29) is 18.9 Å². The summed E-state index contributed by atoms with van der Waals surface area (Å²) >= 11 is 0. The van der Waals surface area contributed by atoms with Crippen molar-refractivity contribution in [1.82, 2.24) is 15.1 Å². The van der Waals surface area contributed by atoms with Gasteiger partial charge in [0.05, 0.1) is 17.8 Å². The summed E-state index contributed by atoms with van der Waals surface area (Å²) < 4.78 is 57.6. The average molecular weight is 449 g/mol. The van der Waals surface area contributed by atoms with Gasteiger partial charge >= 0.3 is 6.18 Å². The van der Waals surface area contributed by atoms with Crippen molar-refractivity contribution in [3.05, 3.63) is 82.4 Å². The summed E-state index contributed by atoms with van der Waals surface area (Å²) in [7, 11) is 0. The highest BCUT2D eigenvalue weighted by molar-refractivity contribution is 5.79. The molecule has 1 unspecified atom stereocenters. The van der Waals surface area contributed by atoms with Gasteiger partial charge in [0, 0.05) is 11.6 Å². The second kappa shape index (κ2) is 9.63. The van der Waals surface area contributed by atoms with Crippen molar-refractivity contribution in [1.29, 1.82) is 0 Å². The van der Waals surface area contributed by atoms with Crippen molar-refractivity contribution in [3.8, 4) is 17.0 Å². The van der Waals surface area contributed by atoms with Gasteiger partial charge in [-0.15, -0.1) is 0 Å². The Morgan fingerprint density at radius 1 is 1.12 bits per heavy atom. The number of hydrogen-bond donors (Lipinski definition) is 1. The van der Waals surface area contributed by atoms with Gasteiger partial charge in [-0.3, -0.25) is 9.59 Å². The van der Waals surface area contributed by atoms with Gasteiger partial charge in [-0.25, -0.2) is 9.07 Å².